The van der Waals surface area contributed by atoms with E-state index in [0.717, 1.165) is 34.9 Å². The lowest BCUT2D eigenvalue weighted by molar-refractivity contribution is -0.133. The molecule has 1 saturated heterocycles. The normalized spacial score (nSPS) is 18.9. The lowest BCUT2D eigenvalue weighted by Crippen LogP contribution is -2.34. The molecule has 0 saturated carbocycles. The minimum absolute atomic E-state index is 0.0685. The van der Waals surface area contributed by atoms with Crippen molar-refractivity contribution < 1.29 is 4.79 Å². The Balaban J connectivity index is 1.85. The first kappa shape index (κ1) is 16.4. The Morgan fingerprint density at radius 1 is 1.26 bits per heavy atom. The van der Waals surface area contributed by atoms with Crippen LogP contribution in [0.3, 0.4) is 0 Å². The van der Waals surface area contributed by atoms with Crippen molar-refractivity contribution in [3.8, 4) is 0 Å². The van der Waals surface area contributed by atoms with Gasteiger partial charge in [-0.3, -0.25) is 4.79 Å². The first-order valence-corrected chi connectivity index (χ1v) is 9.36. The van der Waals surface area contributed by atoms with Gasteiger partial charge in [-0.1, -0.05) is 61.0 Å². The third-order valence-electron chi connectivity index (χ3n) is 4.22. The average Bonchev–Trinajstić information content (AvgIpc) is 3.06. The first-order chi connectivity index (χ1) is 11.2. The van der Waals surface area contributed by atoms with Crippen molar-refractivity contribution in [2.24, 2.45) is 0 Å². The van der Waals surface area contributed by atoms with Crippen molar-refractivity contribution in [3.05, 3.63) is 70.7 Å². The molecule has 1 heterocycles. The highest BCUT2D eigenvalue weighted by Gasteiger charge is 2.34. The summed E-state index contributed by atoms with van der Waals surface area (Å²) in [5, 5.41) is 0.788. The Hall–Kier alpha value is -1.45. The number of hydrogen-bond donors (Lipinski definition) is 0. The van der Waals surface area contributed by atoms with E-state index >= 15 is 0 Å². The van der Waals surface area contributed by atoms with E-state index in [2.05, 4.69) is 13.0 Å². The molecule has 2 nitrogen and oxygen atoms in total. The number of amides is 1. The lowest BCUT2D eigenvalue weighted by atomic mass is 9.95. The zero-order valence-corrected chi connectivity index (χ0v) is 14.7. The van der Waals surface area contributed by atoms with Gasteiger partial charge in [-0.25, -0.2) is 0 Å². The summed E-state index contributed by atoms with van der Waals surface area (Å²) in [6.07, 6.45) is 0.812. The molecule has 0 unspecified atom stereocenters. The quantitative estimate of drug-likeness (QED) is 0.767. The minimum atomic E-state index is -0.0726. The first-order valence-electron chi connectivity index (χ1n) is 7.93. The molecule has 2 aromatic carbocycles. The van der Waals surface area contributed by atoms with Crippen molar-refractivity contribution in [1.82, 2.24) is 4.90 Å². The van der Waals surface area contributed by atoms with Crippen LogP contribution in [0, 0.1) is 0 Å². The summed E-state index contributed by atoms with van der Waals surface area (Å²) in [5.41, 5.74) is 2.21. The summed E-state index contributed by atoms with van der Waals surface area (Å²) < 4.78 is 0. The number of carbonyl (C=O) groups excluding carboxylic acids is 1. The van der Waals surface area contributed by atoms with Crippen LogP contribution < -0.4 is 0 Å². The molecule has 0 N–H and O–H groups in total. The second-order valence-corrected chi connectivity index (χ2v) is 7.31. The predicted molar refractivity (Wildman–Crippen MR) is 97.8 cm³/mol. The topological polar surface area (TPSA) is 20.3 Å². The van der Waals surface area contributed by atoms with E-state index < -0.39 is 0 Å². The molecule has 1 aliphatic rings. The molecule has 23 heavy (non-hydrogen) atoms. The second kappa shape index (κ2) is 7.41. The molecule has 0 spiro atoms. The maximum absolute atomic E-state index is 13.1. The number of benzene rings is 2. The Kier molecular flexibility index (Phi) is 5.29. The molecule has 0 radical (unpaired) electrons. The standard InChI is InChI=1S/C19H20ClNOS/c1-2-17(14-7-4-3-5-8-14)18(22)21-11-12-23-19(21)15-9-6-10-16(20)13-15/h3-10,13,17,19H,2,11-12H2,1H3/t17-,19-/m1/s1. The van der Waals surface area contributed by atoms with Gasteiger partial charge in [0.1, 0.15) is 5.37 Å². The van der Waals surface area contributed by atoms with Crippen LogP contribution in [0.4, 0.5) is 0 Å². The molecule has 0 aromatic heterocycles. The third kappa shape index (κ3) is 3.56. The van der Waals surface area contributed by atoms with Crippen LogP contribution in [0.5, 0.6) is 0 Å². The molecule has 1 amide bonds. The van der Waals surface area contributed by atoms with E-state index in [0.29, 0.717) is 0 Å². The molecule has 4 heteroatoms. The maximum Gasteiger partial charge on any atom is 0.231 e. The highest BCUT2D eigenvalue weighted by Crippen LogP contribution is 2.40. The smallest absolute Gasteiger partial charge is 0.231 e. The van der Waals surface area contributed by atoms with E-state index in [9.17, 15) is 4.79 Å². The molecular weight excluding hydrogens is 326 g/mol. The zero-order chi connectivity index (χ0) is 16.2. The molecule has 0 aliphatic carbocycles. The Bertz CT molecular complexity index is 676. The van der Waals surface area contributed by atoms with Gasteiger partial charge in [0.2, 0.25) is 5.91 Å². The number of thioether (sulfide) groups is 1. The van der Waals surface area contributed by atoms with Gasteiger partial charge in [0.25, 0.3) is 0 Å². The second-order valence-electron chi connectivity index (χ2n) is 5.68. The number of hydrogen-bond acceptors (Lipinski definition) is 2. The summed E-state index contributed by atoms with van der Waals surface area (Å²) in [6, 6.07) is 17.9. The Labute approximate surface area is 146 Å². The molecule has 120 valence electrons. The van der Waals surface area contributed by atoms with Gasteiger partial charge in [0.15, 0.2) is 0 Å². The lowest BCUT2D eigenvalue weighted by Gasteiger charge is -2.28. The molecule has 1 fully saturated rings. The predicted octanol–water partition coefficient (Wildman–Crippen LogP) is 5.11. The van der Waals surface area contributed by atoms with Gasteiger partial charge >= 0.3 is 0 Å². The summed E-state index contributed by atoms with van der Waals surface area (Å²) in [4.78, 5) is 15.1. The number of rotatable bonds is 4. The number of nitrogens with zero attached hydrogens (tertiary/aromatic N) is 1. The summed E-state index contributed by atoms with van der Waals surface area (Å²) in [7, 11) is 0. The zero-order valence-electron chi connectivity index (χ0n) is 13.1. The van der Waals surface area contributed by atoms with E-state index in [1.807, 2.05) is 65.2 Å². The highest BCUT2D eigenvalue weighted by atomic mass is 35.5. The van der Waals surface area contributed by atoms with Crippen molar-refractivity contribution in [1.29, 1.82) is 0 Å². The van der Waals surface area contributed by atoms with Crippen LogP contribution in [0.25, 0.3) is 0 Å². The van der Waals surface area contributed by atoms with Gasteiger partial charge in [-0.05, 0) is 29.7 Å². The highest BCUT2D eigenvalue weighted by molar-refractivity contribution is 7.99. The Morgan fingerprint density at radius 2 is 2.04 bits per heavy atom. The summed E-state index contributed by atoms with van der Waals surface area (Å²) in [5.74, 6) is 1.11. The van der Waals surface area contributed by atoms with E-state index in [-0.39, 0.29) is 17.2 Å². The maximum atomic E-state index is 13.1. The molecule has 2 atom stereocenters. The molecule has 0 bridgehead atoms. The van der Waals surface area contributed by atoms with E-state index in [4.69, 9.17) is 11.6 Å². The summed E-state index contributed by atoms with van der Waals surface area (Å²) in [6.45, 7) is 2.87. The fourth-order valence-electron chi connectivity index (χ4n) is 3.07. The van der Waals surface area contributed by atoms with E-state index in [1.165, 1.54) is 0 Å². The monoisotopic (exact) mass is 345 g/mol. The molecule has 1 aliphatic heterocycles. The fourth-order valence-corrected chi connectivity index (χ4v) is 4.52. The van der Waals surface area contributed by atoms with Crippen molar-refractivity contribution in [3.63, 3.8) is 0 Å². The fraction of sp³-hybridized carbons (Fsp3) is 0.316. The van der Waals surface area contributed by atoms with Crippen LogP contribution in [0.1, 0.15) is 35.8 Å². The number of halogens is 1. The molecular formula is C19H20ClNOS. The molecule has 2 aromatic rings. The average molecular weight is 346 g/mol. The van der Waals surface area contributed by atoms with Crippen LogP contribution in [-0.4, -0.2) is 23.1 Å². The molecule has 3 rings (SSSR count). The van der Waals surface area contributed by atoms with E-state index in [1.54, 1.807) is 0 Å². The largest absolute Gasteiger partial charge is 0.325 e. The van der Waals surface area contributed by atoms with Crippen LogP contribution in [0.2, 0.25) is 5.02 Å². The van der Waals surface area contributed by atoms with Crippen molar-refractivity contribution in [2.45, 2.75) is 24.6 Å². The minimum Gasteiger partial charge on any atom is -0.325 e. The SMILES string of the molecule is CC[C@@H](C(=O)N1CCS[C@@H]1c1cccc(Cl)c1)c1ccccc1. The van der Waals surface area contributed by atoms with Gasteiger partial charge < -0.3 is 4.90 Å². The van der Waals surface area contributed by atoms with Gasteiger partial charge in [0.05, 0.1) is 5.92 Å². The van der Waals surface area contributed by atoms with Gasteiger partial charge in [-0.15, -0.1) is 11.8 Å². The van der Waals surface area contributed by atoms with Crippen LogP contribution >= 0.6 is 23.4 Å². The summed E-state index contributed by atoms with van der Waals surface area (Å²) >= 11 is 7.93. The van der Waals surface area contributed by atoms with Gasteiger partial charge in [-0.2, -0.15) is 0 Å². The van der Waals surface area contributed by atoms with Gasteiger partial charge in [0, 0.05) is 17.3 Å². The van der Waals surface area contributed by atoms with Crippen molar-refractivity contribution in [2.75, 3.05) is 12.3 Å². The Morgan fingerprint density at radius 3 is 2.74 bits per heavy atom. The van der Waals surface area contributed by atoms with Crippen LogP contribution in [0.15, 0.2) is 54.6 Å². The third-order valence-corrected chi connectivity index (χ3v) is 5.71. The number of carbonyl (C=O) groups is 1. The van der Waals surface area contributed by atoms with Crippen LogP contribution in [-0.2, 0) is 4.79 Å². The van der Waals surface area contributed by atoms with Crippen molar-refractivity contribution >= 4 is 29.3 Å².